The molecule has 0 radical (unpaired) electrons. The molecular weight excluding hydrogens is 276 g/mol. The SMILES string of the molecule is COC1(CC(=O)N[C@H](Cc2ccccc2)CN(C)C)CCC1. The Bertz CT molecular complexity index is 464. The zero-order chi connectivity index (χ0) is 16.0. The number of hydrogen-bond donors (Lipinski definition) is 1. The number of carbonyl (C=O) groups is 1. The quantitative estimate of drug-likeness (QED) is 0.801. The van der Waals surface area contributed by atoms with Gasteiger partial charge in [-0.2, -0.15) is 0 Å². The summed E-state index contributed by atoms with van der Waals surface area (Å²) in [5.74, 6) is 0.101. The fourth-order valence-corrected chi connectivity index (χ4v) is 3.10. The van der Waals surface area contributed by atoms with Crippen LogP contribution >= 0.6 is 0 Å². The number of rotatable bonds is 8. The zero-order valence-corrected chi connectivity index (χ0v) is 14.0. The van der Waals surface area contributed by atoms with E-state index in [2.05, 4.69) is 22.3 Å². The van der Waals surface area contributed by atoms with Crippen LogP contribution in [0.15, 0.2) is 30.3 Å². The van der Waals surface area contributed by atoms with Crippen molar-refractivity contribution in [2.75, 3.05) is 27.7 Å². The Morgan fingerprint density at radius 3 is 2.50 bits per heavy atom. The highest BCUT2D eigenvalue weighted by Crippen LogP contribution is 2.37. The largest absolute Gasteiger partial charge is 0.378 e. The first-order valence-corrected chi connectivity index (χ1v) is 8.06. The highest BCUT2D eigenvalue weighted by atomic mass is 16.5. The van der Waals surface area contributed by atoms with Gasteiger partial charge in [-0.3, -0.25) is 4.79 Å². The third kappa shape index (κ3) is 4.82. The van der Waals surface area contributed by atoms with Gasteiger partial charge in [0, 0.05) is 19.7 Å². The molecule has 0 heterocycles. The first-order chi connectivity index (χ1) is 10.5. The van der Waals surface area contributed by atoms with E-state index in [1.54, 1.807) is 7.11 Å². The number of amides is 1. The summed E-state index contributed by atoms with van der Waals surface area (Å²) >= 11 is 0. The van der Waals surface area contributed by atoms with Crippen LogP contribution in [0.3, 0.4) is 0 Å². The lowest BCUT2D eigenvalue weighted by molar-refractivity contribution is -0.135. The number of hydrogen-bond acceptors (Lipinski definition) is 3. The Hall–Kier alpha value is -1.39. The van der Waals surface area contributed by atoms with Gasteiger partial charge >= 0.3 is 0 Å². The van der Waals surface area contributed by atoms with Crippen LogP contribution in [-0.4, -0.2) is 50.2 Å². The number of ether oxygens (including phenoxy) is 1. The van der Waals surface area contributed by atoms with E-state index in [0.717, 1.165) is 32.2 Å². The normalized spacial score (nSPS) is 17.8. The summed E-state index contributed by atoms with van der Waals surface area (Å²) in [4.78, 5) is 14.5. The molecule has 1 N–H and O–H groups in total. The van der Waals surface area contributed by atoms with Gasteiger partial charge in [-0.1, -0.05) is 30.3 Å². The minimum atomic E-state index is -0.209. The molecule has 0 aromatic heterocycles. The van der Waals surface area contributed by atoms with Crippen molar-refractivity contribution in [2.45, 2.75) is 43.7 Å². The Morgan fingerprint density at radius 1 is 1.32 bits per heavy atom. The van der Waals surface area contributed by atoms with E-state index in [4.69, 9.17) is 4.74 Å². The van der Waals surface area contributed by atoms with Crippen molar-refractivity contribution in [3.8, 4) is 0 Å². The summed E-state index contributed by atoms with van der Waals surface area (Å²) in [5, 5.41) is 3.19. The molecule has 22 heavy (non-hydrogen) atoms. The minimum absolute atomic E-state index is 0.101. The average Bonchev–Trinajstić information content (AvgIpc) is 2.43. The summed E-state index contributed by atoms with van der Waals surface area (Å²) in [6.45, 7) is 0.834. The Morgan fingerprint density at radius 2 is 2.00 bits per heavy atom. The predicted molar refractivity (Wildman–Crippen MR) is 88.8 cm³/mol. The fraction of sp³-hybridized carbons (Fsp3) is 0.611. The molecule has 1 saturated carbocycles. The summed E-state index contributed by atoms with van der Waals surface area (Å²) in [5.41, 5.74) is 1.04. The number of carbonyl (C=O) groups excluding carboxylic acids is 1. The van der Waals surface area contributed by atoms with Crippen LogP contribution in [0.2, 0.25) is 0 Å². The molecule has 1 aromatic rings. The van der Waals surface area contributed by atoms with Gasteiger partial charge in [-0.15, -0.1) is 0 Å². The molecular formula is C18H28N2O2. The van der Waals surface area contributed by atoms with E-state index in [1.807, 2.05) is 32.3 Å². The predicted octanol–water partition coefficient (Wildman–Crippen LogP) is 2.23. The van der Waals surface area contributed by atoms with Gasteiger partial charge in [0.2, 0.25) is 5.91 Å². The van der Waals surface area contributed by atoms with Crippen molar-refractivity contribution in [3.63, 3.8) is 0 Å². The molecule has 1 aromatic carbocycles. The molecule has 0 aliphatic heterocycles. The molecule has 1 aliphatic rings. The van der Waals surface area contributed by atoms with E-state index in [0.29, 0.717) is 6.42 Å². The van der Waals surface area contributed by atoms with Crippen LogP contribution in [-0.2, 0) is 16.0 Å². The lowest BCUT2D eigenvalue weighted by Gasteiger charge is -2.40. The molecule has 0 unspecified atom stereocenters. The van der Waals surface area contributed by atoms with Crippen molar-refractivity contribution in [1.29, 1.82) is 0 Å². The minimum Gasteiger partial charge on any atom is -0.378 e. The summed E-state index contributed by atoms with van der Waals surface area (Å²) in [7, 11) is 5.78. The van der Waals surface area contributed by atoms with Gasteiger partial charge in [0.15, 0.2) is 0 Å². The van der Waals surface area contributed by atoms with Gasteiger partial charge in [0.05, 0.1) is 12.0 Å². The van der Waals surface area contributed by atoms with Crippen LogP contribution in [0.1, 0.15) is 31.2 Å². The Balaban J connectivity index is 1.92. The van der Waals surface area contributed by atoms with E-state index < -0.39 is 0 Å². The summed E-state index contributed by atoms with van der Waals surface area (Å²) in [6, 6.07) is 10.4. The fourth-order valence-electron chi connectivity index (χ4n) is 3.10. The molecule has 1 aliphatic carbocycles. The van der Waals surface area contributed by atoms with Crippen molar-refractivity contribution in [3.05, 3.63) is 35.9 Å². The van der Waals surface area contributed by atoms with E-state index in [1.165, 1.54) is 5.56 Å². The van der Waals surface area contributed by atoms with E-state index in [9.17, 15) is 4.79 Å². The molecule has 2 rings (SSSR count). The van der Waals surface area contributed by atoms with Gasteiger partial charge in [-0.25, -0.2) is 0 Å². The third-order valence-corrected chi connectivity index (χ3v) is 4.46. The Kier molecular flexibility index (Phi) is 5.98. The lowest BCUT2D eigenvalue weighted by Crippen LogP contribution is -2.48. The first kappa shape index (κ1) is 17.0. The van der Waals surface area contributed by atoms with E-state index >= 15 is 0 Å². The Labute approximate surface area is 133 Å². The molecule has 0 spiro atoms. The van der Waals surface area contributed by atoms with Crippen LogP contribution < -0.4 is 5.32 Å². The molecule has 1 amide bonds. The summed E-state index contributed by atoms with van der Waals surface area (Å²) in [6.07, 6.45) is 4.47. The maximum Gasteiger partial charge on any atom is 0.223 e. The number of likely N-dealkylation sites (N-methyl/N-ethyl adjacent to an activating group) is 1. The number of nitrogens with zero attached hydrogens (tertiary/aromatic N) is 1. The molecule has 0 bridgehead atoms. The smallest absolute Gasteiger partial charge is 0.223 e. The maximum atomic E-state index is 12.4. The second-order valence-corrected chi connectivity index (χ2v) is 6.63. The third-order valence-electron chi connectivity index (χ3n) is 4.46. The molecule has 4 heteroatoms. The number of benzene rings is 1. The maximum absolute atomic E-state index is 12.4. The van der Waals surface area contributed by atoms with Crippen molar-refractivity contribution in [1.82, 2.24) is 10.2 Å². The van der Waals surface area contributed by atoms with Gasteiger partial charge in [0.1, 0.15) is 0 Å². The van der Waals surface area contributed by atoms with Crippen molar-refractivity contribution in [2.24, 2.45) is 0 Å². The number of nitrogens with one attached hydrogen (secondary N) is 1. The van der Waals surface area contributed by atoms with Crippen molar-refractivity contribution >= 4 is 5.91 Å². The van der Waals surface area contributed by atoms with Gasteiger partial charge < -0.3 is 15.0 Å². The van der Waals surface area contributed by atoms with Crippen LogP contribution in [0.5, 0.6) is 0 Å². The molecule has 122 valence electrons. The molecule has 4 nitrogen and oxygen atoms in total. The molecule has 1 atom stereocenters. The zero-order valence-electron chi connectivity index (χ0n) is 14.0. The van der Waals surface area contributed by atoms with Crippen LogP contribution in [0, 0.1) is 0 Å². The average molecular weight is 304 g/mol. The van der Waals surface area contributed by atoms with Gasteiger partial charge in [0.25, 0.3) is 0 Å². The monoisotopic (exact) mass is 304 g/mol. The van der Waals surface area contributed by atoms with Crippen LogP contribution in [0.25, 0.3) is 0 Å². The standard InChI is InChI=1S/C18H28N2O2/c1-20(2)14-16(12-15-8-5-4-6-9-15)19-17(21)13-18(22-3)10-7-11-18/h4-6,8-9,16H,7,10-14H2,1-3H3,(H,19,21)/t16-/m1/s1. The topological polar surface area (TPSA) is 41.6 Å². The van der Waals surface area contributed by atoms with Crippen molar-refractivity contribution < 1.29 is 9.53 Å². The highest BCUT2D eigenvalue weighted by molar-refractivity contribution is 5.77. The van der Waals surface area contributed by atoms with E-state index in [-0.39, 0.29) is 17.6 Å². The second-order valence-electron chi connectivity index (χ2n) is 6.63. The van der Waals surface area contributed by atoms with Gasteiger partial charge in [-0.05, 0) is 45.3 Å². The molecule has 1 fully saturated rings. The van der Waals surface area contributed by atoms with Crippen LogP contribution in [0.4, 0.5) is 0 Å². The summed E-state index contributed by atoms with van der Waals surface area (Å²) < 4.78 is 5.55. The highest BCUT2D eigenvalue weighted by Gasteiger charge is 2.39. The lowest BCUT2D eigenvalue weighted by atomic mass is 9.77. The second kappa shape index (κ2) is 7.75. The molecule has 0 saturated heterocycles. The first-order valence-electron chi connectivity index (χ1n) is 8.06. The number of methoxy groups -OCH3 is 1.